The Morgan fingerprint density at radius 3 is 2.67 bits per heavy atom. The van der Waals surface area contributed by atoms with Crippen LogP contribution in [0.4, 0.5) is 10.1 Å². The van der Waals surface area contributed by atoms with Crippen LogP contribution in [0, 0.1) is 5.82 Å². The number of hydrogen-bond donors (Lipinski definition) is 1. The van der Waals surface area contributed by atoms with Gasteiger partial charge in [0.15, 0.2) is 0 Å². The number of ether oxygens (including phenoxy) is 1. The molecular weight excluding hydrogens is 347 g/mol. The van der Waals surface area contributed by atoms with Gasteiger partial charge in [0.1, 0.15) is 23.4 Å². The average Bonchev–Trinajstić information content (AvgIpc) is 2.68. The van der Waals surface area contributed by atoms with Crippen LogP contribution >= 0.6 is 0 Å². The zero-order valence-corrected chi connectivity index (χ0v) is 14.6. The van der Waals surface area contributed by atoms with Gasteiger partial charge in [-0.15, -0.1) is 0 Å². The number of fused-ring (bicyclic) bond motifs is 1. The van der Waals surface area contributed by atoms with Crippen molar-refractivity contribution in [2.24, 2.45) is 5.73 Å². The number of hydrogen-bond acceptors (Lipinski definition) is 5. The maximum absolute atomic E-state index is 13.4. The second-order valence-electron chi connectivity index (χ2n) is 6.54. The normalized spacial score (nSPS) is 15.1. The Balaban J connectivity index is 1.45. The standard InChI is InChI=1S/C20H19FN4O2/c21-13-1-2-16-17(11-13)23-8-4-19(16)25-9-5-14(6-10-25)27-15-3-7-24-18(12-15)20(22)26/h1-4,7-8,11-12,14H,5-6,9-10H2,(H2,22,26). The third-order valence-corrected chi connectivity index (χ3v) is 4.75. The van der Waals surface area contributed by atoms with Gasteiger partial charge in [-0.2, -0.15) is 0 Å². The largest absolute Gasteiger partial charge is 0.490 e. The summed E-state index contributed by atoms with van der Waals surface area (Å²) in [6.07, 6.45) is 4.95. The molecule has 0 unspecified atom stereocenters. The fourth-order valence-corrected chi connectivity index (χ4v) is 3.41. The number of rotatable bonds is 4. The minimum atomic E-state index is -0.573. The van der Waals surface area contributed by atoms with Crippen LogP contribution in [0.1, 0.15) is 23.3 Å². The van der Waals surface area contributed by atoms with Crippen molar-refractivity contribution in [3.63, 3.8) is 0 Å². The fraction of sp³-hybridized carbons (Fsp3) is 0.250. The summed E-state index contributed by atoms with van der Waals surface area (Å²) in [5.41, 5.74) is 7.16. The fourth-order valence-electron chi connectivity index (χ4n) is 3.41. The first-order valence-electron chi connectivity index (χ1n) is 8.82. The van der Waals surface area contributed by atoms with Gasteiger partial charge in [0.25, 0.3) is 5.91 Å². The van der Waals surface area contributed by atoms with Crippen LogP contribution < -0.4 is 15.4 Å². The lowest BCUT2D eigenvalue weighted by Crippen LogP contribution is -2.38. The van der Waals surface area contributed by atoms with E-state index in [9.17, 15) is 9.18 Å². The molecule has 2 N–H and O–H groups in total. The Morgan fingerprint density at radius 1 is 1.11 bits per heavy atom. The number of benzene rings is 1. The third-order valence-electron chi connectivity index (χ3n) is 4.75. The van der Waals surface area contributed by atoms with E-state index in [4.69, 9.17) is 10.5 Å². The number of aromatic nitrogens is 2. The van der Waals surface area contributed by atoms with Gasteiger partial charge in [0.05, 0.1) is 5.52 Å². The van der Waals surface area contributed by atoms with E-state index in [-0.39, 0.29) is 17.6 Å². The summed E-state index contributed by atoms with van der Waals surface area (Å²) in [7, 11) is 0. The van der Waals surface area contributed by atoms with Gasteiger partial charge in [-0.05, 0) is 24.3 Å². The summed E-state index contributed by atoms with van der Waals surface area (Å²) < 4.78 is 19.4. The molecule has 4 rings (SSSR count). The maximum atomic E-state index is 13.4. The summed E-state index contributed by atoms with van der Waals surface area (Å²) in [6, 6.07) is 9.95. The molecule has 6 nitrogen and oxygen atoms in total. The number of pyridine rings is 2. The molecule has 0 radical (unpaired) electrons. The van der Waals surface area contributed by atoms with E-state index in [0.29, 0.717) is 11.3 Å². The maximum Gasteiger partial charge on any atom is 0.267 e. The van der Waals surface area contributed by atoms with Crippen molar-refractivity contribution in [2.75, 3.05) is 18.0 Å². The molecule has 1 aliphatic rings. The van der Waals surface area contributed by atoms with Gasteiger partial charge in [-0.1, -0.05) is 0 Å². The van der Waals surface area contributed by atoms with Crippen LogP contribution in [0.2, 0.25) is 0 Å². The van der Waals surface area contributed by atoms with Gasteiger partial charge in [0.2, 0.25) is 0 Å². The zero-order chi connectivity index (χ0) is 18.8. The summed E-state index contributed by atoms with van der Waals surface area (Å²) in [6.45, 7) is 1.63. The van der Waals surface area contributed by atoms with Crippen molar-refractivity contribution in [1.29, 1.82) is 0 Å². The quantitative estimate of drug-likeness (QED) is 0.768. The molecule has 0 saturated carbocycles. The highest BCUT2D eigenvalue weighted by atomic mass is 19.1. The van der Waals surface area contributed by atoms with Gasteiger partial charge < -0.3 is 15.4 Å². The van der Waals surface area contributed by atoms with Gasteiger partial charge in [-0.3, -0.25) is 14.8 Å². The molecule has 27 heavy (non-hydrogen) atoms. The van der Waals surface area contributed by atoms with E-state index in [1.807, 2.05) is 6.07 Å². The molecule has 1 saturated heterocycles. The molecule has 1 aliphatic heterocycles. The van der Waals surface area contributed by atoms with Crippen molar-refractivity contribution in [3.8, 4) is 5.75 Å². The average molecular weight is 366 g/mol. The van der Waals surface area contributed by atoms with Crippen LogP contribution in [-0.4, -0.2) is 35.1 Å². The van der Waals surface area contributed by atoms with Crippen molar-refractivity contribution >= 4 is 22.5 Å². The molecular formula is C20H19FN4O2. The number of piperidine rings is 1. The van der Waals surface area contributed by atoms with E-state index < -0.39 is 5.91 Å². The number of nitrogens with zero attached hydrogens (tertiary/aromatic N) is 3. The molecule has 1 fully saturated rings. The van der Waals surface area contributed by atoms with Gasteiger partial charge in [-0.25, -0.2) is 4.39 Å². The predicted octanol–water partition coefficient (Wildman–Crippen LogP) is 2.92. The van der Waals surface area contributed by atoms with Gasteiger partial charge >= 0.3 is 0 Å². The first-order valence-corrected chi connectivity index (χ1v) is 8.82. The molecule has 0 bridgehead atoms. The summed E-state index contributed by atoms with van der Waals surface area (Å²) >= 11 is 0. The van der Waals surface area contributed by atoms with Crippen molar-refractivity contribution in [2.45, 2.75) is 18.9 Å². The van der Waals surface area contributed by atoms with Crippen LogP contribution in [0.3, 0.4) is 0 Å². The topological polar surface area (TPSA) is 81.3 Å². The monoisotopic (exact) mass is 366 g/mol. The Bertz CT molecular complexity index is 987. The van der Waals surface area contributed by atoms with Crippen LogP contribution in [0.25, 0.3) is 10.9 Å². The molecule has 138 valence electrons. The van der Waals surface area contributed by atoms with Crippen LogP contribution in [0.15, 0.2) is 48.8 Å². The minimum Gasteiger partial charge on any atom is -0.490 e. The Hall–Kier alpha value is -3.22. The number of amides is 1. The highest BCUT2D eigenvalue weighted by molar-refractivity contribution is 5.92. The Kier molecular flexibility index (Phi) is 4.58. The molecule has 0 atom stereocenters. The summed E-state index contributed by atoms with van der Waals surface area (Å²) in [5, 5.41) is 0.943. The molecule has 1 amide bonds. The predicted molar refractivity (Wildman–Crippen MR) is 100 cm³/mol. The second kappa shape index (κ2) is 7.19. The molecule has 1 aromatic carbocycles. The number of anilines is 1. The molecule has 0 aliphatic carbocycles. The van der Waals surface area contributed by atoms with E-state index in [1.54, 1.807) is 24.4 Å². The zero-order valence-electron chi connectivity index (χ0n) is 14.6. The Morgan fingerprint density at radius 2 is 1.89 bits per heavy atom. The van der Waals surface area contributed by atoms with Crippen molar-refractivity contribution in [3.05, 3.63) is 60.3 Å². The SMILES string of the molecule is NC(=O)c1cc(OC2CCN(c3ccnc4cc(F)ccc34)CC2)ccn1. The van der Waals surface area contributed by atoms with E-state index in [0.717, 1.165) is 37.0 Å². The molecule has 7 heteroatoms. The lowest BCUT2D eigenvalue weighted by Gasteiger charge is -2.34. The number of carbonyl (C=O) groups is 1. The van der Waals surface area contributed by atoms with E-state index in [2.05, 4.69) is 14.9 Å². The number of halogens is 1. The Labute approximate surface area is 155 Å². The van der Waals surface area contributed by atoms with E-state index in [1.165, 1.54) is 18.3 Å². The van der Waals surface area contributed by atoms with Gasteiger partial charge in [0, 0.05) is 61.5 Å². The van der Waals surface area contributed by atoms with Crippen molar-refractivity contribution in [1.82, 2.24) is 9.97 Å². The third kappa shape index (κ3) is 3.67. The number of nitrogens with two attached hydrogens (primary N) is 1. The lowest BCUT2D eigenvalue weighted by molar-refractivity contribution is 0.0994. The second-order valence-corrected chi connectivity index (χ2v) is 6.54. The van der Waals surface area contributed by atoms with Crippen molar-refractivity contribution < 1.29 is 13.9 Å². The molecule has 2 aromatic heterocycles. The highest BCUT2D eigenvalue weighted by Gasteiger charge is 2.22. The molecule has 0 spiro atoms. The van der Waals surface area contributed by atoms with E-state index >= 15 is 0 Å². The lowest BCUT2D eigenvalue weighted by atomic mass is 10.1. The van der Waals surface area contributed by atoms with Crippen LogP contribution in [-0.2, 0) is 0 Å². The minimum absolute atomic E-state index is 0.0509. The van der Waals surface area contributed by atoms with Crippen LogP contribution in [0.5, 0.6) is 5.75 Å². The number of primary amides is 1. The smallest absolute Gasteiger partial charge is 0.267 e. The summed E-state index contributed by atoms with van der Waals surface area (Å²) in [4.78, 5) is 21.7. The highest BCUT2D eigenvalue weighted by Crippen LogP contribution is 2.29. The first-order chi connectivity index (χ1) is 13.1. The summed E-state index contributed by atoms with van der Waals surface area (Å²) in [5.74, 6) is -0.259. The molecule has 3 aromatic rings. The first kappa shape index (κ1) is 17.2. The number of carbonyl (C=O) groups excluding carboxylic acids is 1. The molecule has 3 heterocycles.